The van der Waals surface area contributed by atoms with Crippen LogP contribution in [-0.4, -0.2) is 12.6 Å². The summed E-state index contributed by atoms with van der Waals surface area (Å²) in [4.78, 5) is 0. The van der Waals surface area contributed by atoms with Crippen LogP contribution in [0.15, 0.2) is 12.2 Å². The molecule has 0 amide bonds. The van der Waals surface area contributed by atoms with Gasteiger partial charge in [-0.2, -0.15) is 0 Å². The lowest BCUT2D eigenvalue weighted by Crippen LogP contribution is -2.34. The minimum Gasteiger partial charge on any atom is -0.314 e. The molecule has 1 heteroatoms. The fourth-order valence-electron chi connectivity index (χ4n) is 2.49. The summed E-state index contributed by atoms with van der Waals surface area (Å²) in [5.41, 5.74) is 1.29. The van der Waals surface area contributed by atoms with Crippen molar-refractivity contribution in [2.45, 2.75) is 64.8 Å². The van der Waals surface area contributed by atoms with E-state index in [0.29, 0.717) is 6.04 Å². The van der Waals surface area contributed by atoms with E-state index in [-0.39, 0.29) is 0 Å². The van der Waals surface area contributed by atoms with Gasteiger partial charge in [0.2, 0.25) is 0 Å². The smallest absolute Gasteiger partial charge is 0.00671 e. The van der Waals surface area contributed by atoms with E-state index in [1.807, 2.05) is 0 Å². The molecule has 1 saturated carbocycles. The topological polar surface area (TPSA) is 12.0 Å². The van der Waals surface area contributed by atoms with Crippen LogP contribution in [-0.2, 0) is 0 Å². The Balaban J connectivity index is 2.19. The van der Waals surface area contributed by atoms with Gasteiger partial charge in [-0.05, 0) is 45.6 Å². The summed E-state index contributed by atoms with van der Waals surface area (Å²) >= 11 is 0. The van der Waals surface area contributed by atoms with E-state index in [0.717, 1.165) is 18.9 Å². The molecule has 0 heterocycles. The molecule has 0 unspecified atom stereocenters. The third-order valence-corrected chi connectivity index (χ3v) is 3.63. The molecule has 0 radical (unpaired) electrons. The van der Waals surface area contributed by atoms with Gasteiger partial charge < -0.3 is 5.32 Å². The fourth-order valence-corrected chi connectivity index (χ4v) is 2.49. The van der Waals surface area contributed by atoms with Gasteiger partial charge in [-0.25, -0.2) is 0 Å². The Morgan fingerprint density at radius 3 is 2.40 bits per heavy atom. The highest BCUT2D eigenvalue weighted by molar-refractivity contribution is 4.88. The third kappa shape index (κ3) is 5.36. The Bertz CT molecular complexity index is 178. The highest BCUT2D eigenvalue weighted by Crippen LogP contribution is 2.25. The van der Waals surface area contributed by atoms with Crippen LogP contribution in [0.1, 0.15) is 58.8 Å². The lowest BCUT2D eigenvalue weighted by Gasteiger charge is -2.23. The van der Waals surface area contributed by atoms with Crippen molar-refractivity contribution in [3.05, 3.63) is 12.2 Å². The van der Waals surface area contributed by atoms with Crippen LogP contribution in [0, 0.1) is 5.92 Å². The molecule has 1 N–H and O–H groups in total. The minimum atomic E-state index is 0.697. The maximum atomic E-state index is 3.94. The van der Waals surface area contributed by atoms with Crippen LogP contribution < -0.4 is 5.32 Å². The van der Waals surface area contributed by atoms with Gasteiger partial charge in [-0.15, -0.1) is 6.58 Å². The van der Waals surface area contributed by atoms with Crippen molar-refractivity contribution in [1.29, 1.82) is 0 Å². The number of hydrogen-bond acceptors (Lipinski definition) is 1. The van der Waals surface area contributed by atoms with E-state index >= 15 is 0 Å². The van der Waals surface area contributed by atoms with Gasteiger partial charge in [0.15, 0.2) is 0 Å². The molecule has 1 fully saturated rings. The van der Waals surface area contributed by atoms with Gasteiger partial charge in [-0.1, -0.05) is 31.3 Å². The predicted molar refractivity (Wildman–Crippen MR) is 68.1 cm³/mol. The Morgan fingerprint density at radius 2 is 1.87 bits per heavy atom. The van der Waals surface area contributed by atoms with Crippen molar-refractivity contribution in [1.82, 2.24) is 5.32 Å². The van der Waals surface area contributed by atoms with Crippen molar-refractivity contribution < 1.29 is 0 Å². The fraction of sp³-hybridized carbons (Fsp3) is 0.857. The second-order valence-corrected chi connectivity index (χ2v) is 5.20. The Labute approximate surface area is 95.3 Å². The first-order chi connectivity index (χ1) is 7.20. The minimum absolute atomic E-state index is 0.697. The molecule has 1 aliphatic rings. The summed E-state index contributed by atoms with van der Waals surface area (Å²) in [6.45, 7) is 9.51. The van der Waals surface area contributed by atoms with Crippen LogP contribution in [0.25, 0.3) is 0 Å². The summed E-state index contributed by atoms with van der Waals surface area (Å²) in [5.74, 6) is 0.914. The molecule has 0 saturated heterocycles. The molecule has 0 aromatic heterocycles. The monoisotopic (exact) mass is 209 g/mol. The summed E-state index contributed by atoms with van der Waals surface area (Å²) in [7, 11) is 0. The van der Waals surface area contributed by atoms with Gasteiger partial charge >= 0.3 is 0 Å². The molecule has 1 rings (SSSR count). The van der Waals surface area contributed by atoms with E-state index in [1.54, 1.807) is 0 Å². The zero-order chi connectivity index (χ0) is 11.1. The van der Waals surface area contributed by atoms with Crippen LogP contribution >= 0.6 is 0 Å². The van der Waals surface area contributed by atoms with Crippen LogP contribution in [0.3, 0.4) is 0 Å². The molecular formula is C14H27N. The van der Waals surface area contributed by atoms with Gasteiger partial charge in [0, 0.05) is 6.04 Å². The number of rotatable bonds is 5. The Morgan fingerprint density at radius 1 is 1.27 bits per heavy atom. The zero-order valence-electron chi connectivity index (χ0n) is 10.5. The van der Waals surface area contributed by atoms with Crippen LogP contribution in [0.2, 0.25) is 0 Å². The second-order valence-electron chi connectivity index (χ2n) is 5.20. The molecule has 0 aliphatic heterocycles. The average molecular weight is 209 g/mol. The van der Waals surface area contributed by atoms with E-state index in [9.17, 15) is 0 Å². The number of nitrogens with one attached hydrogen (secondary N) is 1. The van der Waals surface area contributed by atoms with Gasteiger partial charge in [-0.3, -0.25) is 0 Å². The van der Waals surface area contributed by atoms with Crippen molar-refractivity contribution in [2.24, 2.45) is 5.92 Å². The van der Waals surface area contributed by atoms with Crippen LogP contribution in [0.4, 0.5) is 0 Å². The van der Waals surface area contributed by atoms with Crippen molar-refractivity contribution in [3.63, 3.8) is 0 Å². The molecule has 15 heavy (non-hydrogen) atoms. The second kappa shape index (κ2) is 7.05. The first-order valence-electron chi connectivity index (χ1n) is 6.58. The predicted octanol–water partition coefficient (Wildman–Crippen LogP) is 3.90. The largest absolute Gasteiger partial charge is 0.314 e. The maximum absolute atomic E-state index is 3.94. The lowest BCUT2D eigenvalue weighted by molar-refractivity contribution is 0.339. The Kier molecular flexibility index (Phi) is 6.00. The van der Waals surface area contributed by atoms with Crippen molar-refractivity contribution >= 4 is 0 Å². The molecule has 0 spiro atoms. The summed E-state index contributed by atoms with van der Waals surface area (Å²) in [5, 5.41) is 3.65. The summed E-state index contributed by atoms with van der Waals surface area (Å²) in [6, 6.07) is 0.697. The molecule has 0 aromatic carbocycles. The lowest BCUT2D eigenvalue weighted by atomic mass is 9.93. The summed E-state index contributed by atoms with van der Waals surface area (Å²) < 4.78 is 0. The normalized spacial score (nSPS) is 20.9. The molecule has 1 aliphatic carbocycles. The SMILES string of the molecule is C=C(C)CCN[C@H](C)C1CCCCCC1. The van der Waals surface area contributed by atoms with E-state index in [4.69, 9.17) is 0 Å². The summed E-state index contributed by atoms with van der Waals surface area (Å²) in [6.07, 6.45) is 9.78. The first-order valence-corrected chi connectivity index (χ1v) is 6.58. The average Bonchev–Trinajstić information content (AvgIpc) is 2.44. The van der Waals surface area contributed by atoms with Crippen molar-refractivity contribution in [2.75, 3.05) is 6.54 Å². The van der Waals surface area contributed by atoms with Gasteiger partial charge in [0.1, 0.15) is 0 Å². The maximum Gasteiger partial charge on any atom is 0.00671 e. The van der Waals surface area contributed by atoms with Crippen molar-refractivity contribution in [3.8, 4) is 0 Å². The highest BCUT2D eigenvalue weighted by Gasteiger charge is 2.17. The molecule has 1 atom stereocenters. The van der Waals surface area contributed by atoms with Gasteiger partial charge in [0.05, 0.1) is 0 Å². The molecule has 88 valence electrons. The Hall–Kier alpha value is -0.300. The zero-order valence-corrected chi connectivity index (χ0v) is 10.5. The molecule has 0 bridgehead atoms. The molecule has 0 aromatic rings. The standard InChI is InChI=1S/C14H27N/c1-12(2)10-11-15-13(3)14-8-6-4-5-7-9-14/h13-15H,1,4-11H2,2-3H3/t13-/m1/s1. The highest BCUT2D eigenvalue weighted by atomic mass is 14.9. The van der Waals surface area contributed by atoms with Crippen LogP contribution in [0.5, 0.6) is 0 Å². The van der Waals surface area contributed by atoms with E-state index in [2.05, 4.69) is 25.7 Å². The molecular weight excluding hydrogens is 182 g/mol. The quantitative estimate of drug-likeness (QED) is 0.535. The third-order valence-electron chi connectivity index (χ3n) is 3.63. The van der Waals surface area contributed by atoms with E-state index in [1.165, 1.54) is 44.1 Å². The molecule has 1 nitrogen and oxygen atoms in total. The van der Waals surface area contributed by atoms with Gasteiger partial charge in [0.25, 0.3) is 0 Å². The first kappa shape index (κ1) is 12.8. The number of hydrogen-bond donors (Lipinski definition) is 1. The van der Waals surface area contributed by atoms with E-state index < -0.39 is 0 Å².